The lowest BCUT2D eigenvalue weighted by molar-refractivity contribution is -0.00826. The fourth-order valence-electron chi connectivity index (χ4n) is 3.08. The Balaban J connectivity index is 2.01. The molecule has 1 N–H and O–H groups in total. The van der Waals surface area contributed by atoms with E-state index in [-0.39, 0.29) is 11.6 Å². The molecule has 2 rings (SSSR count). The van der Waals surface area contributed by atoms with Gasteiger partial charge in [0.05, 0.1) is 17.3 Å². The predicted molar refractivity (Wildman–Crippen MR) is 82.0 cm³/mol. The number of hydrogen-bond donors (Lipinski definition) is 1. The first-order valence-electron chi connectivity index (χ1n) is 7.83. The molecule has 1 unspecified atom stereocenters. The van der Waals surface area contributed by atoms with E-state index in [9.17, 15) is 0 Å². The summed E-state index contributed by atoms with van der Waals surface area (Å²) in [6.07, 6.45) is 9.68. The molecule has 0 saturated heterocycles. The lowest BCUT2D eigenvalue weighted by Crippen LogP contribution is -2.48. The maximum absolute atomic E-state index is 5.59. The second-order valence-corrected chi connectivity index (χ2v) is 6.43. The molecule has 0 amide bonds. The molecule has 1 saturated carbocycles. The molecule has 1 heterocycles. The molecule has 0 aliphatic heterocycles. The van der Waals surface area contributed by atoms with Crippen LogP contribution in [0.15, 0.2) is 12.3 Å². The van der Waals surface area contributed by atoms with Crippen LogP contribution in [0.4, 0.5) is 0 Å². The highest BCUT2D eigenvalue weighted by Gasteiger charge is 2.29. The minimum absolute atomic E-state index is 0.191. The van der Waals surface area contributed by atoms with Gasteiger partial charge in [0.1, 0.15) is 0 Å². The van der Waals surface area contributed by atoms with Crippen molar-refractivity contribution < 1.29 is 4.74 Å². The van der Waals surface area contributed by atoms with Gasteiger partial charge < -0.3 is 10.1 Å². The van der Waals surface area contributed by atoms with Gasteiger partial charge in [-0.2, -0.15) is 5.10 Å². The van der Waals surface area contributed by atoms with Crippen molar-refractivity contribution in [2.75, 3.05) is 14.2 Å². The first kappa shape index (κ1) is 15.5. The molecule has 0 bridgehead atoms. The molecule has 0 aromatic carbocycles. The molecule has 4 heteroatoms. The van der Waals surface area contributed by atoms with E-state index in [0.717, 1.165) is 12.1 Å². The monoisotopic (exact) mass is 279 g/mol. The molecule has 114 valence electrons. The molecule has 4 nitrogen and oxygen atoms in total. The van der Waals surface area contributed by atoms with Gasteiger partial charge in [0.15, 0.2) is 0 Å². The molecule has 1 atom stereocenters. The number of nitrogens with zero attached hydrogens (tertiary/aromatic N) is 2. The number of rotatable bonds is 6. The highest BCUT2D eigenvalue weighted by Crippen LogP contribution is 2.27. The summed E-state index contributed by atoms with van der Waals surface area (Å²) < 4.78 is 7.77. The third-order valence-corrected chi connectivity index (χ3v) is 4.74. The maximum atomic E-state index is 5.59. The van der Waals surface area contributed by atoms with E-state index in [1.54, 1.807) is 7.11 Å². The lowest BCUT2D eigenvalue weighted by atomic mass is 9.94. The highest BCUT2D eigenvalue weighted by atomic mass is 16.5. The van der Waals surface area contributed by atoms with Crippen molar-refractivity contribution in [2.45, 2.75) is 70.1 Å². The van der Waals surface area contributed by atoms with Crippen LogP contribution in [-0.4, -0.2) is 35.6 Å². The van der Waals surface area contributed by atoms with Crippen LogP contribution in [0.3, 0.4) is 0 Å². The molecule has 1 aliphatic rings. The van der Waals surface area contributed by atoms with E-state index in [1.807, 2.05) is 7.05 Å². The van der Waals surface area contributed by atoms with Gasteiger partial charge in [0, 0.05) is 25.8 Å². The molecule has 20 heavy (non-hydrogen) atoms. The van der Waals surface area contributed by atoms with E-state index in [1.165, 1.54) is 32.1 Å². The summed E-state index contributed by atoms with van der Waals surface area (Å²) in [5, 5.41) is 8.15. The van der Waals surface area contributed by atoms with Crippen molar-refractivity contribution in [3.8, 4) is 0 Å². The Bertz CT molecular complexity index is 408. The maximum Gasteiger partial charge on any atom is 0.0778 e. The number of ether oxygens (including phenoxy) is 1. The number of aromatic nitrogens is 2. The van der Waals surface area contributed by atoms with Gasteiger partial charge in [0.2, 0.25) is 0 Å². The summed E-state index contributed by atoms with van der Waals surface area (Å²) in [5.74, 6) is 0. The predicted octanol–water partition coefficient (Wildman–Crippen LogP) is 2.94. The van der Waals surface area contributed by atoms with Crippen molar-refractivity contribution in [2.24, 2.45) is 0 Å². The van der Waals surface area contributed by atoms with Crippen LogP contribution >= 0.6 is 0 Å². The van der Waals surface area contributed by atoms with Crippen LogP contribution in [0, 0.1) is 0 Å². The smallest absolute Gasteiger partial charge is 0.0778 e. The van der Waals surface area contributed by atoms with Gasteiger partial charge in [-0.1, -0.05) is 19.3 Å². The summed E-state index contributed by atoms with van der Waals surface area (Å²) in [6.45, 7) is 4.23. The molecule has 0 radical (unpaired) electrons. The number of nitrogens with one attached hydrogen (secondary N) is 1. The first-order valence-corrected chi connectivity index (χ1v) is 7.83. The number of hydrogen-bond acceptors (Lipinski definition) is 3. The Morgan fingerprint density at radius 2 is 2.10 bits per heavy atom. The average Bonchev–Trinajstić information content (AvgIpc) is 2.94. The van der Waals surface area contributed by atoms with E-state index in [4.69, 9.17) is 9.84 Å². The van der Waals surface area contributed by atoms with Crippen LogP contribution in [0.1, 0.15) is 57.7 Å². The second-order valence-electron chi connectivity index (χ2n) is 6.43. The van der Waals surface area contributed by atoms with Crippen molar-refractivity contribution in [1.29, 1.82) is 0 Å². The highest BCUT2D eigenvalue weighted by molar-refractivity contribution is 5.05. The summed E-state index contributed by atoms with van der Waals surface area (Å²) in [7, 11) is 3.76. The SMILES string of the molecule is CNC(Cc1ccn(C2CCCCC2)n1)C(C)(C)OC. The van der Waals surface area contributed by atoms with Crippen molar-refractivity contribution in [3.63, 3.8) is 0 Å². The Morgan fingerprint density at radius 1 is 1.40 bits per heavy atom. The minimum Gasteiger partial charge on any atom is -0.377 e. The zero-order chi connectivity index (χ0) is 14.6. The minimum atomic E-state index is -0.191. The van der Waals surface area contributed by atoms with Gasteiger partial charge in [-0.05, 0) is 39.8 Å². The summed E-state index contributed by atoms with van der Waals surface area (Å²) in [4.78, 5) is 0. The average molecular weight is 279 g/mol. The molecular weight excluding hydrogens is 250 g/mol. The first-order chi connectivity index (χ1) is 9.56. The van der Waals surface area contributed by atoms with Gasteiger partial charge in [-0.25, -0.2) is 0 Å². The standard InChI is InChI=1S/C16H29N3O/c1-16(2,20-4)15(17-3)12-13-10-11-19(18-13)14-8-6-5-7-9-14/h10-11,14-15,17H,5-9,12H2,1-4H3. The largest absolute Gasteiger partial charge is 0.377 e. The van der Waals surface area contributed by atoms with Crippen molar-refractivity contribution >= 4 is 0 Å². The van der Waals surface area contributed by atoms with Gasteiger partial charge in [-0.15, -0.1) is 0 Å². The zero-order valence-corrected chi connectivity index (χ0v) is 13.4. The topological polar surface area (TPSA) is 39.1 Å². The van der Waals surface area contributed by atoms with Crippen LogP contribution in [0.2, 0.25) is 0 Å². The molecule has 1 aliphatic carbocycles. The van der Waals surface area contributed by atoms with E-state index in [0.29, 0.717) is 6.04 Å². The fourth-order valence-corrected chi connectivity index (χ4v) is 3.08. The molecule has 1 aromatic rings. The van der Waals surface area contributed by atoms with Gasteiger partial charge in [-0.3, -0.25) is 4.68 Å². The van der Waals surface area contributed by atoms with Crippen LogP contribution in [0.25, 0.3) is 0 Å². The van der Waals surface area contributed by atoms with E-state index < -0.39 is 0 Å². The van der Waals surface area contributed by atoms with Crippen LogP contribution < -0.4 is 5.32 Å². The lowest BCUT2D eigenvalue weighted by Gasteiger charge is -2.32. The molecule has 1 fully saturated rings. The van der Waals surface area contributed by atoms with Crippen LogP contribution in [-0.2, 0) is 11.2 Å². The third-order valence-electron chi connectivity index (χ3n) is 4.74. The van der Waals surface area contributed by atoms with E-state index in [2.05, 4.69) is 36.1 Å². The summed E-state index contributed by atoms with van der Waals surface area (Å²) in [6, 6.07) is 3.04. The summed E-state index contributed by atoms with van der Waals surface area (Å²) >= 11 is 0. The molecular formula is C16H29N3O. The number of likely N-dealkylation sites (N-methyl/N-ethyl adjacent to an activating group) is 1. The Morgan fingerprint density at radius 3 is 2.70 bits per heavy atom. The zero-order valence-electron chi connectivity index (χ0n) is 13.4. The Kier molecular flexibility index (Phi) is 5.22. The van der Waals surface area contributed by atoms with Gasteiger partial charge in [0.25, 0.3) is 0 Å². The van der Waals surface area contributed by atoms with Crippen molar-refractivity contribution in [3.05, 3.63) is 18.0 Å². The van der Waals surface area contributed by atoms with Gasteiger partial charge >= 0.3 is 0 Å². The molecule has 0 spiro atoms. The van der Waals surface area contributed by atoms with Crippen LogP contribution in [0.5, 0.6) is 0 Å². The molecule has 1 aromatic heterocycles. The van der Waals surface area contributed by atoms with E-state index >= 15 is 0 Å². The fraction of sp³-hybridized carbons (Fsp3) is 0.812. The summed E-state index contributed by atoms with van der Waals surface area (Å²) in [5.41, 5.74) is 0.962. The third kappa shape index (κ3) is 3.61. The number of methoxy groups -OCH3 is 1. The second kappa shape index (κ2) is 6.72. The normalized spacial score (nSPS) is 19.2. The van der Waals surface area contributed by atoms with Crippen molar-refractivity contribution in [1.82, 2.24) is 15.1 Å². The Hall–Kier alpha value is -0.870. The Labute approximate surface area is 122 Å². The quantitative estimate of drug-likeness (QED) is 0.870.